The number of aryl methyl sites for hydroxylation is 1. The Balaban J connectivity index is 1.27. The second kappa shape index (κ2) is 7.11. The van der Waals surface area contributed by atoms with Gasteiger partial charge in [-0.2, -0.15) is 0 Å². The maximum Gasteiger partial charge on any atom is 0.185 e. The summed E-state index contributed by atoms with van der Waals surface area (Å²) in [4.78, 5) is 10.8. The van der Waals surface area contributed by atoms with Gasteiger partial charge in [0.15, 0.2) is 5.13 Å². The lowest BCUT2D eigenvalue weighted by Gasteiger charge is -2.39. The number of rotatable bonds is 6. The van der Waals surface area contributed by atoms with Crippen LogP contribution in [0.15, 0.2) is 30.5 Å². The SMILES string of the molecule is CCc1ccccc1OC1CN(Cc2cnc(N3CCCC3)s2)C1. The fourth-order valence-corrected chi connectivity index (χ4v) is 4.47. The third-order valence-corrected chi connectivity index (χ3v) is 5.91. The molecule has 128 valence electrons. The largest absolute Gasteiger partial charge is 0.487 e. The summed E-state index contributed by atoms with van der Waals surface area (Å²) in [5.74, 6) is 1.05. The lowest BCUT2D eigenvalue weighted by atomic mass is 10.1. The molecule has 4 rings (SSSR count). The molecule has 0 unspecified atom stereocenters. The first-order valence-electron chi connectivity index (χ1n) is 8.98. The molecule has 2 aliphatic rings. The lowest BCUT2D eigenvalue weighted by Crippen LogP contribution is -2.53. The zero-order chi connectivity index (χ0) is 16.4. The fourth-order valence-electron chi connectivity index (χ4n) is 3.46. The predicted molar refractivity (Wildman–Crippen MR) is 99.1 cm³/mol. The second-order valence-electron chi connectivity index (χ2n) is 6.70. The summed E-state index contributed by atoms with van der Waals surface area (Å²) in [5, 5.41) is 1.20. The maximum absolute atomic E-state index is 6.16. The summed E-state index contributed by atoms with van der Waals surface area (Å²) in [5.41, 5.74) is 1.30. The van der Waals surface area contributed by atoms with Crippen molar-refractivity contribution in [2.45, 2.75) is 38.8 Å². The number of anilines is 1. The third kappa shape index (κ3) is 3.42. The van der Waals surface area contributed by atoms with Crippen molar-refractivity contribution in [3.05, 3.63) is 40.9 Å². The van der Waals surface area contributed by atoms with Crippen LogP contribution in [-0.4, -0.2) is 42.2 Å². The summed E-state index contributed by atoms with van der Waals surface area (Å²) >= 11 is 1.85. The van der Waals surface area contributed by atoms with Crippen LogP contribution in [0.25, 0.3) is 0 Å². The first kappa shape index (κ1) is 15.9. The van der Waals surface area contributed by atoms with Crippen molar-refractivity contribution >= 4 is 16.5 Å². The number of benzene rings is 1. The van der Waals surface area contributed by atoms with E-state index in [2.05, 4.69) is 52.2 Å². The van der Waals surface area contributed by atoms with Gasteiger partial charge in [-0.25, -0.2) is 4.98 Å². The summed E-state index contributed by atoms with van der Waals surface area (Å²) < 4.78 is 6.16. The Labute approximate surface area is 148 Å². The van der Waals surface area contributed by atoms with E-state index in [0.717, 1.165) is 31.8 Å². The third-order valence-electron chi connectivity index (χ3n) is 4.87. The highest BCUT2D eigenvalue weighted by molar-refractivity contribution is 7.15. The first-order valence-corrected chi connectivity index (χ1v) is 9.80. The van der Waals surface area contributed by atoms with Gasteiger partial charge >= 0.3 is 0 Å². The van der Waals surface area contributed by atoms with Crippen molar-refractivity contribution in [2.75, 3.05) is 31.1 Å². The Bertz CT molecular complexity index is 675. The van der Waals surface area contributed by atoms with Crippen LogP contribution in [-0.2, 0) is 13.0 Å². The number of ether oxygens (including phenoxy) is 1. The summed E-state index contributed by atoms with van der Waals surface area (Å²) in [7, 11) is 0. The molecule has 0 bridgehead atoms. The molecule has 0 atom stereocenters. The van der Waals surface area contributed by atoms with Crippen molar-refractivity contribution in [3.63, 3.8) is 0 Å². The van der Waals surface area contributed by atoms with Gasteiger partial charge in [0.05, 0.1) is 0 Å². The van der Waals surface area contributed by atoms with E-state index in [1.807, 2.05) is 11.3 Å². The molecule has 0 N–H and O–H groups in total. The fraction of sp³-hybridized carbons (Fsp3) is 0.526. The van der Waals surface area contributed by atoms with E-state index < -0.39 is 0 Å². The smallest absolute Gasteiger partial charge is 0.185 e. The summed E-state index contributed by atoms with van der Waals surface area (Å²) in [6, 6.07) is 8.39. The van der Waals surface area contributed by atoms with E-state index in [-0.39, 0.29) is 0 Å². The lowest BCUT2D eigenvalue weighted by molar-refractivity contribution is 0.0146. The molecule has 1 aromatic heterocycles. The van der Waals surface area contributed by atoms with Crippen LogP contribution in [0.4, 0.5) is 5.13 Å². The molecular weight excluding hydrogens is 318 g/mol. The van der Waals surface area contributed by atoms with Gasteiger partial charge in [-0.3, -0.25) is 4.90 Å². The van der Waals surface area contributed by atoms with E-state index in [1.165, 1.54) is 41.5 Å². The van der Waals surface area contributed by atoms with Crippen molar-refractivity contribution in [2.24, 2.45) is 0 Å². The highest BCUT2D eigenvalue weighted by Gasteiger charge is 2.29. The molecule has 0 amide bonds. The molecule has 2 aromatic rings. The summed E-state index contributed by atoms with van der Waals surface area (Å²) in [6.45, 7) is 7.54. The van der Waals surface area contributed by atoms with Gasteiger partial charge in [0.25, 0.3) is 0 Å². The second-order valence-corrected chi connectivity index (χ2v) is 7.79. The molecule has 3 heterocycles. The number of hydrogen-bond acceptors (Lipinski definition) is 5. The molecule has 0 spiro atoms. The van der Waals surface area contributed by atoms with Crippen LogP contribution < -0.4 is 9.64 Å². The van der Waals surface area contributed by atoms with Gasteiger partial charge < -0.3 is 9.64 Å². The van der Waals surface area contributed by atoms with Crippen LogP contribution in [0.2, 0.25) is 0 Å². The highest BCUT2D eigenvalue weighted by Crippen LogP contribution is 2.28. The topological polar surface area (TPSA) is 28.6 Å². The predicted octanol–water partition coefficient (Wildman–Crippen LogP) is 3.57. The van der Waals surface area contributed by atoms with E-state index >= 15 is 0 Å². The van der Waals surface area contributed by atoms with Crippen molar-refractivity contribution < 1.29 is 4.74 Å². The molecule has 0 radical (unpaired) electrons. The van der Waals surface area contributed by atoms with E-state index in [4.69, 9.17) is 4.74 Å². The van der Waals surface area contributed by atoms with Crippen LogP contribution in [0, 0.1) is 0 Å². The molecular formula is C19H25N3OS. The molecule has 24 heavy (non-hydrogen) atoms. The normalized spacial score (nSPS) is 18.8. The molecule has 0 saturated carbocycles. The van der Waals surface area contributed by atoms with Crippen molar-refractivity contribution in [1.29, 1.82) is 0 Å². The van der Waals surface area contributed by atoms with E-state index in [0.29, 0.717) is 6.10 Å². The molecule has 4 nitrogen and oxygen atoms in total. The van der Waals surface area contributed by atoms with Crippen molar-refractivity contribution in [3.8, 4) is 5.75 Å². The van der Waals surface area contributed by atoms with E-state index in [1.54, 1.807) is 0 Å². The number of hydrogen-bond donors (Lipinski definition) is 0. The maximum atomic E-state index is 6.16. The highest BCUT2D eigenvalue weighted by atomic mass is 32.1. The van der Waals surface area contributed by atoms with Crippen LogP contribution in [0.5, 0.6) is 5.75 Å². The Morgan fingerprint density at radius 3 is 2.79 bits per heavy atom. The van der Waals surface area contributed by atoms with Crippen LogP contribution >= 0.6 is 11.3 Å². The quantitative estimate of drug-likeness (QED) is 0.802. The number of aromatic nitrogens is 1. The number of likely N-dealkylation sites (tertiary alicyclic amines) is 1. The van der Waals surface area contributed by atoms with E-state index in [9.17, 15) is 0 Å². The first-order chi connectivity index (χ1) is 11.8. The van der Waals surface area contributed by atoms with Gasteiger partial charge in [-0.1, -0.05) is 25.1 Å². The van der Waals surface area contributed by atoms with Gasteiger partial charge in [-0.15, -0.1) is 11.3 Å². The minimum Gasteiger partial charge on any atom is -0.487 e. The average Bonchev–Trinajstić information content (AvgIpc) is 3.24. The molecule has 0 aliphatic carbocycles. The number of thiazole rings is 1. The van der Waals surface area contributed by atoms with Crippen LogP contribution in [0.1, 0.15) is 30.2 Å². The van der Waals surface area contributed by atoms with Crippen LogP contribution in [0.3, 0.4) is 0 Å². The number of nitrogens with zero attached hydrogens (tertiary/aromatic N) is 3. The Kier molecular flexibility index (Phi) is 4.72. The number of para-hydroxylation sites is 1. The van der Waals surface area contributed by atoms with Gasteiger partial charge in [0, 0.05) is 43.8 Å². The zero-order valence-corrected chi connectivity index (χ0v) is 15.1. The minimum absolute atomic E-state index is 0.323. The van der Waals surface area contributed by atoms with Gasteiger partial charge in [0.1, 0.15) is 11.9 Å². The summed E-state index contributed by atoms with van der Waals surface area (Å²) in [6.07, 6.45) is 6.01. The zero-order valence-electron chi connectivity index (χ0n) is 14.3. The molecule has 2 aliphatic heterocycles. The van der Waals surface area contributed by atoms with Gasteiger partial charge in [0.2, 0.25) is 0 Å². The molecule has 1 aromatic carbocycles. The molecule has 2 fully saturated rings. The van der Waals surface area contributed by atoms with Gasteiger partial charge in [-0.05, 0) is 30.9 Å². The minimum atomic E-state index is 0.323. The molecule has 5 heteroatoms. The Hall–Kier alpha value is -1.59. The average molecular weight is 343 g/mol. The Morgan fingerprint density at radius 1 is 1.21 bits per heavy atom. The van der Waals surface area contributed by atoms with Crippen molar-refractivity contribution in [1.82, 2.24) is 9.88 Å². The standard InChI is InChI=1S/C19H25N3OS/c1-2-15-7-3-4-8-18(15)23-16-12-21(13-16)14-17-11-20-19(24-17)22-9-5-6-10-22/h3-4,7-8,11,16H,2,5-6,9-10,12-14H2,1H3. The monoisotopic (exact) mass is 343 g/mol. The molecule has 2 saturated heterocycles. The Morgan fingerprint density at radius 2 is 2.00 bits per heavy atom.